The number of aliphatic hydroxyl groups excluding tert-OH is 1. The van der Waals surface area contributed by atoms with Gasteiger partial charge in [0.15, 0.2) is 0 Å². The van der Waals surface area contributed by atoms with Crippen LogP contribution in [0, 0.1) is 23.0 Å². The molecule has 0 radical (unpaired) electrons. The molecule has 20 heavy (non-hydrogen) atoms. The highest BCUT2D eigenvalue weighted by Gasteiger charge is 2.17. The number of benzene rings is 1. The Morgan fingerprint density at radius 2 is 2.00 bits per heavy atom. The predicted octanol–water partition coefficient (Wildman–Crippen LogP) is 3.87. The van der Waals surface area contributed by atoms with Crippen molar-refractivity contribution in [3.05, 3.63) is 32.3 Å². The zero-order valence-electron chi connectivity index (χ0n) is 12.0. The second-order valence-electron chi connectivity index (χ2n) is 4.90. The Labute approximate surface area is 127 Å². The first-order valence-electron chi connectivity index (χ1n) is 6.77. The average molecular weight is 345 g/mol. The molecule has 1 unspecified atom stereocenters. The van der Waals surface area contributed by atoms with Crippen LogP contribution in [0.3, 0.4) is 0 Å². The van der Waals surface area contributed by atoms with Crippen molar-refractivity contribution in [2.75, 3.05) is 11.9 Å². The summed E-state index contributed by atoms with van der Waals surface area (Å²) >= 11 is 3.32. The molecule has 2 N–H and O–H groups in total. The van der Waals surface area contributed by atoms with Crippen LogP contribution in [0.5, 0.6) is 0 Å². The fourth-order valence-corrected chi connectivity index (χ4v) is 2.69. The van der Waals surface area contributed by atoms with Crippen LogP contribution in [0.25, 0.3) is 0 Å². The Morgan fingerprint density at radius 3 is 2.50 bits per heavy atom. The van der Waals surface area contributed by atoms with Gasteiger partial charge in [-0.3, -0.25) is 10.1 Å². The van der Waals surface area contributed by atoms with Gasteiger partial charge in [0.1, 0.15) is 0 Å². The summed E-state index contributed by atoms with van der Waals surface area (Å²) in [7, 11) is 0. The second kappa shape index (κ2) is 7.59. The summed E-state index contributed by atoms with van der Waals surface area (Å²) in [5.41, 5.74) is 1.44. The Bertz CT molecular complexity index is 476. The Morgan fingerprint density at radius 1 is 1.40 bits per heavy atom. The van der Waals surface area contributed by atoms with Crippen molar-refractivity contribution in [3.63, 3.8) is 0 Å². The third kappa shape index (κ3) is 4.18. The molecule has 0 amide bonds. The Balaban J connectivity index is 2.79. The smallest absolute Gasteiger partial charge is 0.273 e. The monoisotopic (exact) mass is 344 g/mol. The van der Waals surface area contributed by atoms with Crippen LogP contribution in [0.1, 0.15) is 32.3 Å². The highest BCUT2D eigenvalue weighted by Crippen LogP contribution is 2.30. The van der Waals surface area contributed by atoms with Crippen molar-refractivity contribution in [1.29, 1.82) is 0 Å². The molecular formula is C14H21BrN2O3. The maximum atomic E-state index is 10.8. The van der Waals surface area contributed by atoms with Gasteiger partial charge in [-0.25, -0.2) is 0 Å². The molecule has 0 fully saturated rings. The number of nitrogens with zero attached hydrogens (tertiary/aromatic N) is 1. The highest BCUT2D eigenvalue weighted by atomic mass is 79.9. The summed E-state index contributed by atoms with van der Waals surface area (Å²) in [5, 5.41) is 24.1. The molecule has 1 aromatic carbocycles. The van der Waals surface area contributed by atoms with Crippen molar-refractivity contribution < 1.29 is 10.0 Å². The van der Waals surface area contributed by atoms with Gasteiger partial charge in [-0.15, -0.1) is 0 Å². The van der Waals surface area contributed by atoms with Crippen LogP contribution >= 0.6 is 15.9 Å². The zero-order valence-corrected chi connectivity index (χ0v) is 13.6. The van der Waals surface area contributed by atoms with Gasteiger partial charge in [0.2, 0.25) is 0 Å². The largest absolute Gasteiger partial charge is 0.391 e. The molecule has 1 aromatic rings. The summed E-state index contributed by atoms with van der Waals surface area (Å²) in [4.78, 5) is 10.4. The molecule has 0 heterocycles. The average Bonchev–Trinajstić information content (AvgIpc) is 2.40. The van der Waals surface area contributed by atoms with Crippen LogP contribution in [-0.4, -0.2) is 22.7 Å². The van der Waals surface area contributed by atoms with Crippen molar-refractivity contribution in [1.82, 2.24) is 0 Å². The number of hydrogen-bond donors (Lipinski definition) is 2. The third-order valence-electron chi connectivity index (χ3n) is 3.58. The van der Waals surface area contributed by atoms with Gasteiger partial charge >= 0.3 is 0 Å². The molecule has 0 saturated heterocycles. The standard InChI is InChI=1S/C14H21BrN2O3/c1-4-10(5-2)14(18)8-16-12-6-9(3)13(17(19)20)7-11(12)15/h6-7,10,14,16,18H,4-5,8H2,1-3H3. The van der Waals surface area contributed by atoms with Crippen LogP contribution in [0.4, 0.5) is 11.4 Å². The maximum absolute atomic E-state index is 10.8. The summed E-state index contributed by atoms with van der Waals surface area (Å²) in [6, 6.07) is 3.21. The van der Waals surface area contributed by atoms with Gasteiger partial charge < -0.3 is 10.4 Å². The predicted molar refractivity (Wildman–Crippen MR) is 84.1 cm³/mol. The fraction of sp³-hybridized carbons (Fsp3) is 0.571. The number of aryl methyl sites for hydroxylation is 1. The van der Waals surface area contributed by atoms with Gasteiger partial charge in [0.05, 0.1) is 11.0 Å². The van der Waals surface area contributed by atoms with Gasteiger partial charge in [0.25, 0.3) is 5.69 Å². The molecular weight excluding hydrogens is 324 g/mol. The van der Waals surface area contributed by atoms with E-state index >= 15 is 0 Å². The molecule has 1 rings (SSSR count). The van der Waals surface area contributed by atoms with Crippen molar-refractivity contribution in [2.24, 2.45) is 5.92 Å². The van der Waals surface area contributed by atoms with Crippen LogP contribution < -0.4 is 5.32 Å². The first-order chi connectivity index (χ1) is 9.40. The lowest BCUT2D eigenvalue weighted by atomic mass is 9.96. The molecule has 0 aliphatic heterocycles. The lowest BCUT2D eigenvalue weighted by molar-refractivity contribution is -0.385. The number of anilines is 1. The molecule has 0 aliphatic carbocycles. The van der Waals surface area contributed by atoms with Crippen LogP contribution in [-0.2, 0) is 0 Å². The molecule has 0 aromatic heterocycles. The Kier molecular flexibility index (Phi) is 6.42. The lowest BCUT2D eigenvalue weighted by Gasteiger charge is -2.21. The van der Waals surface area contributed by atoms with E-state index in [9.17, 15) is 15.2 Å². The van der Waals surface area contributed by atoms with Gasteiger partial charge in [-0.2, -0.15) is 0 Å². The normalized spacial score (nSPS) is 12.5. The van der Waals surface area contributed by atoms with E-state index in [-0.39, 0.29) is 11.6 Å². The number of halogens is 1. The van der Waals surface area contributed by atoms with Crippen LogP contribution in [0.2, 0.25) is 0 Å². The van der Waals surface area contributed by atoms with E-state index in [1.54, 1.807) is 13.0 Å². The molecule has 6 heteroatoms. The SMILES string of the molecule is CCC(CC)C(O)CNc1cc(C)c([N+](=O)[O-])cc1Br. The van der Waals surface area contributed by atoms with E-state index in [0.29, 0.717) is 16.6 Å². The van der Waals surface area contributed by atoms with Gasteiger partial charge in [0, 0.05) is 28.3 Å². The van der Waals surface area contributed by atoms with E-state index in [2.05, 4.69) is 35.1 Å². The topological polar surface area (TPSA) is 75.4 Å². The minimum Gasteiger partial charge on any atom is -0.391 e. The van der Waals surface area contributed by atoms with Crippen molar-refractivity contribution in [2.45, 2.75) is 39.7 Å². The van der Waals surface area contributed by atoms with E-state index in [1.807, 2.05) is 0 Å². The molecule has 1 atom stereocenters. The first kappa shape index (κ1) is 16.9. The van der Waals surface area contributed by atoms with Crippen LogP contribution in [0.15, 0.2) is 16.6 Å². The van der Waals surface area contributed by atoms with Crippen molar-refractivity contribution >= 4 is 27.3 Å². The summed E-state index contributed by atoms with van der Waals surface area (Å²) in [6.07, 6.45) is 1.44. The summed E-state index contributed by atoms with van der Waals surface area (Å²) in [6.45, 7) is 6.25. The lowest BCUT2D eigenvalue weighted by Crippen LogP contribution is -2.27. The number of hydrogen-bond acceptors (Lipinski definition) is 4. The number of rotatable bonds is 7. The van der Waals surface area contributed by atoms with Crippen molar-refractivity contribution in [3.8, 4) is 0 Å². The minimum atomic E-state index is -0.424. The second-order valence-corrected chi connectivity index (χ2v) is 5.75. The summed E-state index contributed by atoms with van der Waals surface area (Å²) in [5.74, 6) is 0.264. The van der Waals surface area contributed by atoms with E-state index in [4.69, 9.17) is 0 Å². The molecule has 112 valence electrons. The maximum Gasteiger partial charge on any atom is 0.273 e. The fourth-order valence-electron chi connectivity index (χ4n) is 2.22. The number of nitrogens with one attached hydrogen (secondary N) is 1. The third-order valence-corrected chi connectivity index (χ3v) is 4.23. The zero-order chi connectivity index (χ0) is 15.3. The molecule has 0 saturated carbocycles. The quantitative estimate of drug-likeness (QED) is 0.581. The molecule has 0 aliphatic rings. The number of nitro groups is 1. The Hall–Kier alpha value is -1.14. The van der Waals surface area contributed by atoms with E-state index < -0.39 is 11.0 Å². The summed E-state index contributed by atoms with van der Waals surface area (Å²) < 4.78 is 0.631. The number of nitro benzene ring substituents is 1. The minimum absolute atomic E-state index is 0.0861. The highest BCUT2D eigenvalue weighted by molar-refractivity contribution is 9.10. The number of aliphatic hydroxyl groups is 1. The van der Waals surface area contributed by atoms with E-state index in [0.717, 1.165) is 18.5 Å². The first-order valence-corrected chi connectivity index (χ1v) is 7.56. The molecule has 5 nitrogen and oxygen atoms in total. The van der Waals surface area contributed by atoms with E-state index in [1.165, 1.54) is 6.07 Å². The van der Waals surface area contributed by atoms with Gasteiger partial charge in [-0.1, -0.05) is 26.7 Å². The molecule has 0 bridgehead atoms. The van der Waals surface area contributed by atoms with Gasteiger partial charge in [-0.05, 0) is 34.8 Å². The molecule has 0 spiro atoms.